The molecular formula is C27H38N2O3. The Kier molecular flexibility index (Phi) is 8.71. The van der Waals surface area contributed by atoms with Crippen molar-refractivity contribution in [2.24, 2.45) is 0 Å². The van der Waals surface area contributed by atoms with Gasteiger partial charge in [0.05, 0.1) is 12.1 Å². The quantitative estimate of drug-likeness (QED) is 0.472. The van der Waals surface area contributed by atoms with Gasteiger partial charge in [-0.15, -0.1) is 0 Å². The van der Waals surface area contributed by atoms with Gasteiger partial charge in [0.1, 0.15) is 5.75 Å². The lowest BCUT2D eigenvalue weighted by Gasteiger charge is -2.32. The molecule has 32 heavy (non-hydrogen) atoms. The van der Waals surface area contributed by atoms with E-state index in [-0.39, 0.29) is 11.7 Å². The molecule has 1 aliphatic rings. The third-order valence-electron chi connectivity index (χ3n) is 6.56. The molecule has 2 aromatic carbocycles. The summed E-state index contributed by atoms with van der Waals surface area (Å²) >= 11 is 0. The van der Waals surface area contributed by atoms with Crippen molar-refractivity contribution in [1.29, 1.82) is 0 Å². The number of aromatic hydroxyl groups is 1. The Morgan fingerprint density at radius 2 is 1.91 bits per heavy atom. The Morgan fingerprint density at radius 1 is 1.12 bits per heavy atom. The van der Waals surface area contributed by atoms with Crippen LogP contribution in [0, 0.1) is 0 Å². The van der Waals surface area contributed by atoms with Gasteiger partial charge in [0.25, 0.3) is 0 Å². The van der Waals surface area contributed by atoms with Gasteiger partial charge in [-0.1, -0.05) is 56.7 Å². The standard InChI is InChI=1S/C27H38N2O3/c1-18(2)21-8-5-9-22(15-21)23-10-6-11-24(16-23)28-17-27(32)26(29-19(3)30)14-20-7-4-12-25(31)13-20/h4-5,7-9,12-13,15,18,23-24,26-28,31-32H,6,10-11,14,16-17H2,1-3H3,(H,29,30)/t23?,24?,26-,27+/m0/s1. The molecule has 0 radical (unpaired) electrons. The van der Waals surface area contributed by atoms with Crippen LogP contribution in [0.15, 0.2) is 48.5 Å². The van der Waals surface area contributed by atoms with Crippen molar-refractivity contribution >= 4 is 5.91 Å². The average Bonchev–Trinajstić information content (AvgIpc) is 2.77. The van der Waals surface area contributed by atoms with E-state index in [0.29, 0.717) is 30.8 Å². The lowest BCUT2D eigenvalue weighted by atomic mass is 9.80. The van der Waals surface area contributed by atoms with Crippen LogP contribution in [0.4, 0.5) is 0 Å². The van der Waals surface area contributed by atoms with E-state index in [0.717, 1.165) is 18.4 Å². The fourth-order valence-electron chi connectivity index (χ4n) is 4.76. The van der Waals surface area contributed by atoms with E-state index in [2.05, 4.69) is 48.7 Å². The smallest absolute Gasteiger partial charge is 0.217 e. The van der Waals surface area contributed by atoms with Gasteiger partial charge in [-0.25, -0.2) is 0 Å². The topological polar surface area (TPSA) is 81.6 Å². The highest BCUT2D eigenvalue weighted by Gasteiger charge is 2.26. The first kappa shape index (κ1) is 24.3. The summed E-state index contributed by atoms with van der Waals surface area (Å²) in [5, 5.41) is 27.0. The molecule has 5 heteroatoms. The van der Waals surface area contributed by atoms with Crippen LogP contribution in [-0.4, -0.2) is 40.9 Å². The van der Waals surface area contributed by atoms with Crippen LogP contribution < -0.4 is 10.6 Å². The van der Waals surface area contributed by atoms with Crippen LogP contribution in [0.1, 0.15) is 75.0 Å². The molecule has 3 rings (SSSR count). The number of hydrogen-bond acceptors (Lipinski definition) is 4. The average molecular weight is 439 g/mol. The van der Waals surface area contributed by atoms with E-state index in [4.69, 9.17) is 0 Å². The highest BCUT2D eigenvalue weighted by Crippen LogP contribution is 2.34. The van der Waals surface area contributed by atoms with E-state index in [1.165, 1.54) is 30.9 Å². The zero-order valence-corrected chi connectivity index (χ0v) is 19.6. The number of phenols is 1. The van der Waals surface area contributed by atoms with Crippen molar-refractivity contribution in [3.8, 4) is 5.75 Å². The molecule has 0 aliphatic heterocycles. The van der Waals surface area contributed by atoms with Crippen LogP contribution in [0.3, 0.4) is 0 Å². The molecule has 0 heterocycles. The second-order valence-electron chi connectivity index (χ2n) is 9.54. The number of aliphatic hydroxyl groups excluding tert-OH is 1. The zero-order valence-electron chi connectivity index (χ0n) is 19.6. The summed E-state index contributed by atoms with van der Waals surface area (Å²) in [6.07, 6.45) is 4.28. The van der Waals surface area contributed by atoms with Gasteiger partial charge in [0.2, 0.25) is 5.91 Å². The molecule has 4 N–H and O–H groups in total. The Balaban J connectivity index is 1.58. The molecule has 5 nitrogen and oxygen atoms in total. The molecule has 4 atom stereocenters. The zero-order chi connectivity index (χ0) is 23.1. The third kappa shape index (κ3) is 7.07. The molecule has 174 valence electrons. The van der Waals surface area contributed by atoms with Gasteiger partial charge in [-0.2, -0.15) is 0 Å². The summed E-state index contributed by atoms with van der Waals surface area (Å²) in [6.45, 7) is 6.35. The third-order valence-corrected chi connectivity index (χ3v) is 6.56. The van der Waals surface area contributed by atoms with Crippen LogP contribution in [0.5, 0.6) is 5.75 Å². The van der Waals surface area contributed by atoms with E-state index >= 15 is 0 Å². The van der Waals surface area contributed by atoms with Gasteiger partial charge in [0, 0.05) is 19.5 Å². The van der Waals surface area contributed by atoms with Crippen molar-refractivity contribution < 1.29 is 15.0 Å². The van der Waals surface area contributed by atoms with E-state index in [1.54, 1.807) is 18.2 Å². The molecule has 1 fully saturated rings. The Morgan fingerprint density at radius 3 is 2.62 bits per heavy atom. The summed E-state index contributed by atoms with van der Waals surface area (Å²) in [5.41, 5.74) is 3.69. The Labute approximate surface area is 192 Å². The maximum absolute atomic E-state index is 11.7. The van der Waals surface area contributed by atoms with Crippen molar-refractivity contribution in [3.05, 3.63) is 65.2 Å². The van der Waals surface area contributed by atoms with Crippen LogP contribution >= 0.6 is 0 Å². The number of carbonyl (C=O) groups is 1. The lowest BCUT2D eigenvalue weighted by molar-refractivity contribution is -0.120. The first-order chi connectivity index (χ1) is 15.3. The minimum Gasteiger partial charge on any atom is -0.508 e. The molecule has 1 aliphatic carbocycles. The van der Waals surface area contributed by atoms with Gasteiger partial charge in [-0.05, 0) is 66.3 Å². The van der Waals surface area contributed by atoms with Crippen molar-refractivity contribution in [3.63, 3.8) is 0 Å². The van der Waals surface area contributed by atoms with Crippen molar-refractivity contribution in [2.75, 3.05) is 6.54 Å². The summed E-state index contributed by atoms with van der Waals surface area (Å²) < 4.78 is 0. The number of nitrogens with one attached hydrogen (secondary N) is 2. The van der Waals surface area contributed by atoms with E-state index in [9.17, 15) is 15.0 Å². The van der Waals surface area contributed by atoms with Crippen molar-refractivity contribution in [2.45, 2.75) is 82.9 Å². The van der Waals surface area contributed by atoms with Gasteiger partial charge >= 0.3 is 0 Å². The minimum absolute atomic E-state index is 0.169. The fraction of sp³-hybridized carbons (Fsp3) is 0.519. The number of carbonyl (C=O) groups excluding carboxylic acids is 1. The molecular weight excluding hydrogens is 400 g/mol. The molecule has 0 saturated heterocycles. The minimum atomic E-state index is -0.717. The molecule has 0 spiro atoms. The van der Waals surface area contributed by atoms with Gasteiger partial charge < -0.3 is 20.8 Å². The summed E-state index contributed by atoms with van der Waals surface area (Å²) in [4.78, 5) is 11.7. The number of aliphatic hydroxyl groups is 1. The summed E-state index contributed by atoms with van der Waals surface area (Å²) in [6, 6.07) is 15.9. The molecule has 1 amide bonds. The second kappa shape index (κ2) is 11.5. The summed E-state index contributed by atoms with van der Waals surface area (Å²) in [5.74, 6) is 1.08. The normalized spacial score (nSPS) is 20.7. The molecule has 0 bridgehead atoms. The highest BCUT2D eigenvalue weighted by molar-refractivity contribution is 5.73. The predicted octanol–water partition coefficient (Wildman–Crippen LogP) is 4.24. The van der Waals surface area contributed by atoms with Gasteiger partial charge in [0.15, 0.2) is 0 Å². The molecule has 0 aromatic heterocycles. The lowest BCUT2D eigenvalue weighted by Crippen LogP contribution is -2.50. The molecule has 2 unspecified atom stereocenters. The number of phenolic OH excluding ortho intramolecular Hbond substituents is 1. The fourth-order valence-corrected chi connectivity index (χ4v) is 4.76. The van der Waals surface area contributed by atoms with Gasteiger partial charge in [-0.3, -0.25) is 4.79 Å². The van der Waals surface area contributed by atoms with Crippen molar-refractivity contribution in [1.82, 2.24) is 10.6 Å². The molecule has 2 aromatic rings. The first-order valence-electron chi connectivity index (χ1n) is 11.9. The monoisotopic (exact) mass is 438 g/mol. The van der Waals surface area contributed by atoms with E-state index in [1.807, 2.05) is 6.07 Å². The number of rotatable bonds is 9. The van der Waals surface area contributed by atoms with Crippen LogP contribution in [0.2, 0.25) is 0 Å². The Bertz CT molecular complexity index is 883. The molecule has 1 saturated carbocycles. The maximum Gasteiger partial charge on any atom is 0.217 e. The maximum atomic E-state index is 11.7. The van der Waals surface area contributed by atoms with Crippen LogP contribution in [-0.2, 0) is 11.2 Å². The highest BCUT2D eigenvalue weighted by atomic mass is 16.3. The SMILES string of the molecule is CC(=O)N[C@@H](Cc1cccc(O)c1)[C@H](O)CNC1CCCC(c2cccc(C(C)C)c2)C1. The largest absolute Gasteiger partial charge is 0.508 e. The first-order valence-corrected chi connectivity index (χ1v) is 11.9. The van der Waals surface area contributed by atoms with E-state index < -0.39 is 12.1 Å². The van der Waals surface area contributed by atoms with Crippen LogP contribution in [0.25, 0.3) is 0 Å². The second-order valence-corrected chi connectivity index (χ2v) is 9.54. The number of amides is 1. The summed E-state index contributed by atoms with van der Waals surface area (Å²) in [7, 11) is 0. The number of benzene rings is 2. The number of hydrogen-bond donors (Lipinski definition) is 4. The Hall–Kier alpha value is -2.37. The predicted molar refractivity (Wildman–Crippen MR) is 129 cm³/mol.